The fourth-order valence-corrected chi connectivity index (χ4v) is 3.17. The van der Waals surface area contributed by atoms with Crippen LogP contribution in [0.15, 0.2) is 23.1 Å². The number of likely N-dealkylation sites (N-methyl/N-ethyl adjacent to an activating group) is 1. The molecule has 1 amide bonds. The SMILES string of the molecule is CCN(CC)CCNC(=O)CSC1=CC2CC2C=C1. The van der Waals surface area contributed by atoms with Crippen molar-refractivity contribution in [3.05, 3.63) is 23.1 Å². The Hall–Kier alpha value is -0.740. The van der Waals surface area contributed by atoms with Gasteiger partial charge in [-0.25, -0.2) is 0 Å². The van der Waals surface area contributed by atoms with Crippen LogP contribution in [0, 0.1) is 11.8 Å². The summed E-state index contributed by atoms with van der Waals surface area (Å²) >= 11 is 1.65. The summed E-state index contributed by atoms with van der Waals surface area (Å²) in [6.45, 7) is 8.07. The Labute approximate surface area is 120 Å². The van der Waals surface area contributed by atoms with Gasteiger partial charge in [0.1, 0.15) is 0 Å². The van der Waals surface area contributed by atoms with Crippen LogP contribution in [0.25, 0.3) is 0 Å². The van der Waals surface area contributed by atoms with E-state index >= 15 is 0 Å². The normalized spacial score (nSPS) is 24.1. The lowest BCUT2D eigenvalue weighted by molar-refractivity contribution is -0.118. The van der Waals surface area contributed by atoms with Crippen molar-refractivity contribution in [2.45, 2.75) is 20.3 Å². The third kappa shape index (κ3) is 4.69. The minimum Gasteiger partial charge on any atom is -0.354 e. The zero-order chi connectivity index (χ0) is 13.7. The van der Waals surface area contributed by atoms with Gasteiger partial charge in [0, 0.05) is 18.0 Å². The van der Waals surface area contributed by atoms with Crippen LogP contribution < -0.4 is 5.32 Å². The Balaban J connectivity index is 1.58. The van der Waals surface area contributed by atoms with Crippen LogP contribution in [0.1, 0.15) is 20.3 Å². The molecular formula is C15H24N2OS. The molecule has 3 nitrogen and oxygen atoms in total. The standard InChI is InChI=1S/C15H24N2OS/c1-3-17(4-2)8-7-16-15(18)11-19-14-6-5-12-9-13(12)10-14/h5-6,10,12-13H,3-4,7-9,11H2,1-2H3,(H,16,18). The minimum absolute atomic E-state index is 0.143. The van der Waals surface area contributed by atoms with Gasteiger partial charge in [0.05, 0.1) is 5.75 Å². The molecule has 2 aliphatic carbocycles. The number of nitrogens with zero attached hydrogens (tertiary/aromatic N) is 1. The summed E-state index contributed by atoms with van der Waals surface area (Å²) in [6, 6.07) is 0. The average Bonchev–Trinajstić information content (AvgIpc) is 3.20. The number of allylic oxidation sites excluding steroid dienone is 3. The second-order valence-corrected chi connectivity index (χ2v) is 6.21. The van der Waals surface area contributed by atoms with Crippen molar-refractivity contribution < 1.29 is 4.79 Å². The van der Waals surface area contributed by atoms with Crippen LogP contribution in [0.2, 0.25) is 0 Å². The molecule has 19 heavy (non-hydrogen) atoms. The number of nitrogens with one attached hydrogen (secondary N) is 1. The quantitative estimate of drug-likeness (QED) is 0.740. The Morgan fingerprint density at radius 2 is 2.21 bits per heavy atom. The molecule has 0 radical (unpaired) electrons. The van der Waals surface area contributed by atoms with E-state index in [0.717, 1.165) is 38.0 Å². The van der Waals surface area contributed by atoms with E-state index < -0.39 is 0 Å². The van der Waals surface area contributed by atoms with Crippen LogP contribution >= 0.6 is 11.8 Å². The molecule has 2 atom stereocenters. The van der Waals surface area contributed by atoms with Gasteiger partial charge in [0.25, 0.3) is 0 Å². The van der Waals surface area contributed by atoms with Gasteiger partial charge in [-0.05, 0) is 31.3 Å². The van der Waals surface area contributed by atoms with Gasteiger partial charge in [-0.15, -0.1) is 11.8 Å². The van der Waals surface area contributed by atoms with Crippen molar-refractivity contribution in [2.24, 2.45) is 11.8 Å². The monoisotopic (exact) mass is 280 g/mol. The predicted octanol–water partition coefficient (Wildman–Crippen LogP) is 2.27. The summed E-state index contributed by atoms with van der Waals surface area (Å²) < 4.78 is 0. The summed E-state index contributed by atoms with van der Waals surface area (Å²) in [5.74, 6) is 2.24. The Morgan fingerprint density at radius 3 is 2.89 bits per heavy atom. The van der Waals surface area contributed by atoms with Crippen LogP contribution in [0.3, 0.4) is 0 Å². The number of carbonyl (C=O) groups is 1. The molecular weight excluding hydrogens is 256 g/mol. The van der Waals surface area contributed by atoms with E-state index in [1.165, 1.54) is 11.3 Å². The lowest BCUT2D eigenvalue weighted by Gasteiger charge is -2.17. The smallest absolute Gasteiger partial charge is 0.230 e. The third-order valence-corrected chi connectivity index (χ3v) is 4.80. The molecule has 0 heterocycles. The number of fused-ring (bicyclic) bond motifs is 1. The Bertz CT molecular complexity index is 374. The summed E-state index contributed by atoms with van der Waals surface area (Å²) in [5.41, 5.74) is 0. The first-order valence-electron chi connectivity index (χ1n) is 7.24. The van der Waals surface area contributed by atoms with Crippen LogP contribution in [-0.2, 0) is 4.79 Å². The lowest BCUT2D eigenvalue weighted by atomic mass is 10.2. The van der Waals surface area contributed by atoms with Gasteiger partial charge in [0.15, 0.2) is 0 Å². The summed E-state index contributed by atoms with van der Waals surface area (Å²) in [4.78, 5) is 15.3. The van der Waals surface area contributed by atoms with Gasteiger partial charge in [-0.3, -0.25) is 4.79 Å². The molecule has 106 valence electrons. The van der Waals surface area contributed by atoms with Gasteiger partial charge in [-0.1, -0.05) is 32.1 Å². The molecule has 0 bridgehead atoms. The predicted molar refractivity (Wildman–Crippen MR) is 82.1 cm³/mol. The molecule has 0 aromatic carbocycles. The maximum absolute atomic E-state index is 11.7. The third-order valence-electron chi connectivity index (χ3n) is 3.79. The van der Waals surface area contributed by atoms with Gasteiger partial charge >= 0.3 is 0 Å². The molecule has 1 saturated carbocycles. The number of hydrogen-bond donors (Lipinski definition) is 1. The van der Waals surface area contributed by atoms with E-state index in [1.807, 2.05) is 0 Å². The molecule has 0 aromatic rings. The van der Waals surface area contributed by atoms with Crippen LogP contribution in [0.4, 0.5) is 0 Å². The fraction of sp³-hybridized carbons (Fsp3) is 0.667. The average molecular weight is 280 g/mol. The van der Waals surface area contributed by atoms with E-state index in [2.05, 4.69) is 42.3 Å². The molecule has 0 spiro atoms. The van der Waals surface area contributed by atoms with E-state index in [0.29, 0.717) is 5.75 Å². The molecule has 2 aliphatic rings. The summed E-state index contributed by atoms with van der Waals surface area (Å²) in [6.07, 6.45) is 8.07. The van der Waals surface area contributed by atoms with E-state index in [4.69, 9.17) is 0 Å². The van der Waals surface area contributed by atoms with Crippen LogP contribution in [0.5, 0.6) is 0 Å². The highest BCUT2D eigenvalue weighted by Gasteiger charge is 2.34. The van der Waals surface area contributed by atoms with Gasteiger partial charge < -0.3 is 10.2 Å². The van der Waals surface area contributed by atoms with Crippen LogP contribution in [-0.4, -0.2) is 42.7 Å². The highest BCUT2D eigenvalue weighted by Crippen LogP contribution is 2.45. The van der Waals surface area contributed by atoms with Gasteiger partial charge in [0.2, 0.25) is 5.91 Å². The largest absolute Gasteiger partial charge is 0.354 e. The number of amides is 1. The zero-order valence-electron chi connectivity index (χ0n) is 11.9. The van der Waals surface area contributed by atoms with Crippen molar-refractivity contribution in [2.75, 3.05) is 31.9 Å². The maximum Gasteiger partial charge on any atom is 0.230 e. The van der Waals surface area contributed by atoms with Crippen molar-refractivity contribution in [1.82, 2.24) is 10.2 Å². The topological polar surface area (TPSA) is 32.3 Å². The Morgan fingerprint density at radius 1 is 1.42 bits per heavy atom. The summed E-state index contributed by atoms with van der Waals surface area (Å²) in [7, 11) is 0. The molecule has 1 fully saturated rings. The van der Waals surface area contributed by atoms with Crippen molar-refractivity contribution in [3.63, 3.8) is 0 Å². The summed E-state index contributed by atoms with van der Waals surface area (Å²) in [5, 5.41) is 2.99. The first-order valence-corrected chi connectivity index (χ1v) is 8.23. The highest BCUT2D eigenvalue weighted by molar-refractivity contribution is 8.03. The highest BCUT2D eigenvalue weighted by atomic mass is 32.2. The second-order valence-electron chi connectivity index (χ2n) is 5.16. The molecule has 4 heteroatoms. The lowest BCUT2D eigenvalue weighted by Crippen LogP contribution is -2.35. The second kappa shape index (κ2) is 7.15. The van der Waals surface area contributed by atoms with E-state index in [-0.39, 0.29) is 5.91 Å². The van der Waals surface area contributed by atoms with Crippen molar-refractivity contribution in [3.8, 4) is 0 Å². The zero-order valence-corrected chi connectivity index (χ0v) is 12.7. The molecule has 0 saturated heterocycles. The number of rotatable bonds is 8. The molecule has 1 N–H and O–H groups in total. The van der Waals surface area contributed by atoms with E-state index in [1.54, 1.807) is 11.8 Å². The molecule has 2 unspecified atom stereocenters. The Kier molecular flexibility index (Phi) is 5.52. The van der Waals surface area contributed by atoms with Gasteiger partial charge in [-0.2, -0.15) is 0 Å². The maximum atomic E-state index is 11.7. The first-order chi connectivity index (χ1) is 9.22. The molecule has 0 aliphatic heterocycles. The number of hydrogen-bond acceptors (Lipinski definition) is 3. The van der Waals surface area contributed by atoms with Crippen molar-refractivity contribution >= 4 is 17.7 Å². The molecule has 0 aromatic heterocycles. The molecule has 2 rings (SSSR count). The van der Waals surface area contributed by atoms with Crippen molar-refractivity contribution in [1.29, 1.82) is 0 Å². The van der Waals surface area contributed by atoms with E-state index in [9.17, 15) is 4.79 Å². The first kappa shape index (κ1) is 14.7. The minimum atomic E-state index is 0.143. The fourth-order valence-electron chi connectivity index (χ4n) is 2.32. The number of thioether (sulfide) groups is 1. The number of carbonyl (C=O) groups excluding carboxylic acids is 1.